The molecule has 12 aliphatic carbocycles. The van der Waals surface area contributed by atoms with Crippen LogP contribution in [0.15, 0.2) is 37.4 Å². The molecule has 4 spiro atoms. The van der Waals surface area contributed by atoms with Gasteiger partial charge in [-0.1, -0.05) is 69.2 Å². The topological polar surface area (TPSA) is 265 Å². The Kier molecular flexibility index (Phi) is 18.6. The van der Waals surface area contributed by atoms with Gasteiger partial charge < -0.3 is 68.1 Å². The van der Waals surface area contributed by atoms with Gasteiger partial charge in [0.15, 0.2) is 18.7 Å². The first-order chi connectivity index (χ1) is 50.9. The Morgan fingerprint density at radius 3 is 1.44 bits per heavy atom. The molecule has 7 heterocycles. The molecule has 28 atom stereocenters. The molecule has 0 unspecified atom stereocenters. The van der Waals surface area contributed by atoms with E-state index in [4.69, 9.17) is 37.9 Å². The summed E-state index contributed by atoms with van der Waals surface area (Å²) < 4.78 is 53.5. The minimum absolute atomic E-state index is 0.00124. The van der Waals surface area contributed by atoms with Crippen molar-refractivity contribution in [1.82, 2.24) is 28.9 Å². The van der Waals surface area contributed by atoms with E-state index in [0.29, 0.717) is 117 Å². The van der Waals surface area contributed by atoms with Gasteiger partial charge in [-0.25, -0.2) is 19.6 Å². The van der Waals surface area contributed by atoms with Crippen molar-refractivity contribution in [2.24, 2.45) is 113 Å². The van der Waals surface area contributed by atoms with Crippen LogP contribution in [0.3, 0.4) is 0 Å². The highest BCUT2D eigenvalue weighted by molar-refractivity contribution is 5.79. The van der Waals surface area contributed by atoms with Crippen molar-refractivity contribution in [2.45, 2.75) is 323 Å². The van der Waals surface area contributed by atoms with Crippen LogP contribution in [0.25, 0.3) is 0 Å². The predicted molar refractivity (Wildman–Crippen MR) is 398 cm³/mol. The maximum absolute atomic E-state index is 12.9. The van der Waals surface area contributed by atoms with E-state index in [2.05, 4.69) is 79.2 Å². The zero-order chi connectivity index (χ0) is 76.4. The minimum Gasteiger partial charge on any atom is -0.424 e. The summed E-state index contributed by atoms with van der Waals surface area (Å²) in [6, 6.07) is -0.190. The molecule has 5 aliphatic heterocycles. The van der Waals surface area contributed by atoms with Crippen LogP contribution in [0.5, 0.6) is 0 Å². The molecule has 17 fully saturated rings. The second-order valence-electron chi connectivity index (χ2n) is 41.7. The molecule has 0 bridgehead atoms. The Balaban J connectivity index is 0.000000137. The van der Waals surface area contributed by atoms with Crippen molar-refractivity contribution < 1.29 is 77.5 Å². The lowest BCUT2D eigenvalue weighted by atomic mass is 9.41. The van der Waals surface area contributed by atoms with Crippen LogP contribution in [0.2, 0.25) is 0 Å². The Labute approximate surface area is 640 Å². The molecular weight excluding hydrogens is 1370 g/mol. The second kappa shape index (κ2) is 26.2. The van der Waals surface area contributed by atoms with Gasteiger partial charge >= 0.3 is 12.2 Å². The van der Waals surface area contributed by atoms with Gasteiger partial charge in [0, 0.05) is 61.5 Å². The number of hydrogen-bond acceptors (Lipinski definition) is 18. The Morgan fingerprint density at radius 1 is 0.593 bits per heavy atom. The third kappa shape index (κ3) is 11.5. The number of aromatic nitrogens is 4. The van der Waals surface area contributed by atoms with E-state index < -0.39 is 47.9 Å². The van der Waals surface area contributed by atoms with Gasteiger partial charge in [-0.2, -0.15) is 0 Å². The van der Waals surface area contributed by atoms with Gasteiger partial charge in [0.25, 0.3) is 0 Å². The molecule has 5 saturated heterocycles. The van der Waals surface area contributed by atoms with Gasteiger partial charge in [0.2, 0.25) is 11.8 Å². The monoisotopic (exact) mass is 1500 g/mol. The lowest BCUT2D eigenvalue weighted by molar-refractivity contribution is -0.248. The highest BCUT2D eigenvalue weighted by Gasteiger charge is 2.87. The predicted octanol–water partition coefficient (Wildman–Crippen LogP) is 12.4. The molecule has 19 rings (SSSR count). The molecule has 0 radical (unpaired) electrons. The zero-order valence-electron chi connectivity index (χ0n) is 67.3. The molecule has 108 heavy (non-hydrogen) atoms. The highest BCUT2D eigenvalue weighted by Crippen LogP contribution is 2.91. The van der Waals surface area contributed by atoms with Crippen molar-refractivity contribution in [3.63, 3.8) is 0 Å². The van der Waals surface area contributed by atoms with E-state index in [1.54, 1.807) is 38.6 Å². The lowest BCUT2D eigenvalue weighted by Gasteiger charge is -2.64. The minimum atomic E-state index is -1.25. The highest BCUT2D eigenvalue weighted by atomic mass is 16.8. The number of imidazole rings is 2. The second-order valence-corrected chi connectivity index (χ2v) is 41.7. The summed E-state index contributed by atoms with van der Waals surface area (Å²) in [4.78, 5) is 60.9. The number of morpholine rings is 2. The van der Waals surface area contributed by atoms with E-state index in [9.17, 15) is 39.6 Å². The molecule has 22 heteroatoms. The normalized spacial score (nSPS) is 48.2. The summed E-state index contributed by atoms with van der Waals surface area (Å²) in [6.45, 7) is 34.8. The van der Waals surface area contributed by atoms with Crippen molar-refractivity contribution >= 4 is 24.0 Å². The number of ether oxygens (including phenoxy) is 8. The van der Waals surface area contributed by atoms with Crippen LogP contribution in [0.4, 0.5) is 9.59 Å². The number of amides is 2. The van der Waals surface area contributed by atoms with Crippen LogP contribution in [0, 0.1) is 113 Å². The third-order valence-corrected chi connectivity index (χ3v) is 35.4. The molecule has 4 N–H and O–H groups in total. The maximum atomic E-state index is 12.9. The fourth-order valence-electron chi connectivity index (χ4n) is 29.5. The Morgan fingerprint density at radius 2 is 1.03 bits per heavy atom. The van der Waals surface area contributed by atoms with Crippen LogP contribution in [0.1, 0.15) is 238 Å². The smallest absolute Gasteiger partial charge is 0.424 e. The van der Waals surface area contributed by atoms with Crippen LogP contribution in [-0.2, 0) is 47.5 Å². The average Bonchev–Trinajstić information content (AvgIpc) is 1.46. The third-order valence-electron chi connectivity index (χ3n) is 35.4. The molecule has 17 aliphatic rings. The Bertz CT molecular complexity index is 3690. The number of fused-ring (bicyclic) bond motifs is 8. The standard InChI is InChI=1S/C40H61NO8.C39H63NO7.C7H6N4O/c1-22-18-24(33-36(4,5)49-34(44)48-33)46-31-30(22)37(6)14-15-40-21-39(40)13-12-27(35(2,3)25(39)10-11-26(40)38(37,7)32(31)43)47-29-20-41(16-17-45-29)28(42)19-23-8-9-23;1-22-18-24(32(42)35(4,5)44)46-31-30(22)36(6)14-15-39-21-38(39)13-12-27(34(2,3)25(38)10-11-26(39)37(36,7)33(31)43)47-29-20-40(16-17-45-29)28(41)19-23-8-9-23;12-7(10-3-1-8-5-10)11-4-2-9-6-11/h22-27,29-33,43H,8-21H2,1-7H3;22-27,29-33,42-44H,8-21H2,1-7H3;1-6H/t22-,24-,25+,26+,27+,29+,30+,31+,32+,33+,37-,38-,39-,40+;22-,24-,25+,26+,27+,29+,30+,31+,32+,33+,36-,37-,38-,39+;/m11./s1. The van der Waals surface area contributed by atoms with Crippen molar-refractivity contribution in [2.75, 3.05) is 39.4 Å². The number of nitrogens with zero attached hydrogens (tertiary/aromatic N) is 6. The number of aliphatic hydroxyl groups excluding tert-OH is 3. The van der Waals surface area contributed by atoms with E-state index >= 15 is 0 Å². The average molecular weight is 1500 g/mol. The fraction of sp³-hybridized carbons (Fsp3) is 0.884. The number of carbonyl (C=O) groups is 4. The summed E-state index contributed by atoms with van der Waals surface area (Å²) in [6.07, 6.45) is 27.9. The molecule has 600 valence electrons. The SMILES string of the molecule is C[C@@H]1C[C@H]([C@@H]2OC(=O)OC2(C)C)O[C@H]2[C@H]1[C@@]1(C)CC[C@@]34C[C@@]35CC[C@H](O[C@H]3CN(C(=O)CC6CC6)CCO3)C(C)(C)[C@@H]5CC[C@H]4[C@]1(C)[C@H]2O.C[C@@H]1C[C@H]([C@H](O)C(C)(C)O)O[C@H]2[C@H]1[C@@]1(C)CC[C@@]34C[C@@]35CC[C@H](O[C@H]3CN(C(=O)CC6CC6)CCO3)C(C)(C)[C@@H]5CC[C@H]4[C@]1(C)[C@H]2O.O=C(n1ccnc1)n1ccnc1. The largest absolute Gasteiger partial charge is 0.509 e. The number of aliphatic hydroxyl groups is 4. The quantitative estimate of drug-likeness (QED) is 0.152. The fourth-order valence-corrected chi connectivity index (χ4v) is 29.5. The molecule has 0 aromatic carbocycles. The number of rotatable bonds is 11. The van der Waals surface area contributed by atoms with Gasteiger partial charge in [-0.05, 0) is 259 Å². The summed E-state index contributed by atoms with van der Waals surface area (Å²) in [5.41, 5.74) is -1.49. The van der Waals surface area contributed by atoms with Crippen LogP contribution >= 0.6 is 0 Å². The molecule has 12 saturated carbocycles. The van der Waals surface area contributed by atoms with Gasteiger partial charge in [0.05, 0.1) is 80.7 Å². The Hall–Kier alpha value is -4.10. The van der Waals surface area contributed by atoms with E-state index in [0.717, 1.165) is 57.8 Å². The van der Waals surface area contributed by atoms with Gasteiger partial charge in [-0.3, -0.25) is 18.7 Å². The van der Waals surface area contributed by atoms with Crippen LogP contribution < -0.4 is 0 Å². The number of hydrogen-bond donors (Lipinski definition) is 4. The number of carbonyl (C=O) groups excluding carboxylic acids is 4. The zero-order valence-corrected chi connectivity index (χ0v) is 67.3. The first-order valence-electron chi connectivity index (χ1n) is 42.5. The number of cyclic esters (lactones) is 2. The van der Waals surface area contributed by atoms with Gasteiger partial charge in [0.1, 0.15) is 24.4 Å². The summed E-state index contributed by atoms with van der Waals surface area (Å²) >= 11 is 0. The maximum Gasteiger partial charge on any atom is 0.509 e. The molecule has 2 aromatic heterocycles. The van der Waals surface area contributed by atoms with Crippen molar-refractivity contribution in [1.29, 1.82) is 0 Å². The van der Waals surface area contributed by atoms with E-state index in [1.165, 1.54) is 86.0 Å². The van der Waals surface area contributed by atoms with Crippen molar-refractivity contribution in [3.05, 3.63) is 37.4 Å². The summed E-state index contributed by atoms with van der Waals surface area (Å²) in [5.74, 6) is 4.88. The van der Waals surface area contributed by atoms with Crippen molar-refractivity contribution in [3.8, 4) is 0 Å². The first-order valence-corrected chi connectivity index (χ1v) is 42.5. The summed E-state index contributed by atoms with van der Waals surface area (Å²) in [7, 11) is 0. The summed E-state index contributed by atoms with van der Waals surface area (Å²) in [5, 5.41) is 46.7. The van der Waals surface area contributed by atoms with Gasteiger partial charge in [-0.15, -0.1) is 0 Å². The molecule has 2 aromatic rings. The molecular formula is C86H130N6O16. The lowest BCUT2D eigenvalue weighted by Crippen LogP contribution is -2.60. The molecule has 22 nitrogen and oxygen atoms in total. The van der Waals surface area contributed by atoms with E-state index in [-0.39, 0.29) is 116 Å². The molecule has 2 amide bonds. The van der Waals surface area contributed by atoms with E-state index in [1.807, 2.05) is 23.6 Å². The first kappa shape index (κ1) is 76.5. The van der Waals surface area contributed by atoms with Crippen LogP contribution in [-0.4, -0.2) is 198 Å².